The zero-order valence-corrected chi connectivity index (χ0v) is 17.4. The number of hydrogen-bond donors (Lipinski definition) is 0. The first kappa shape index (κ1) is 21.2. The van der Waals surface area contributed by atoms with Crippen LogP contribution >= 0.6 is 0 Å². The number of ether oxygens (including phenoxy) is 1. The van der Waals surface area contributed by atoms with Crippen LogP contribution in [0.4, 0.5) is 5.69 Å². The van der Waals surface area contributed by atoms with Gasteiger partial charge in [-0.2, -0.15) is 0 Å². The third kappa shape index (κ3) is 3.41. The average Bonchev–Trinajstić information content (AvgIpc) is 3.12. The highest BCUT2D eigenvalue weighted by Gasteiger charge is 2.51. The minimum Gasteiger partial charge on any atom is -0.447 e. The Balaban J connectivity index is 1.69. The molecule has 2 atom stereocenters. The summed E-state index contributed by atoms with van der Waals surface area (Å²) in [5, 5.41) is 10.8. The van der Waals surface area contributed by atoms with Crippen molar-refractivity contribution >= 4 is 17.4 Å². The highest BCUT2D eigenvalue weighted by Crippen LogP contribution is 2.43. The van der Waals surface area contributed by atoms with Gasteiger partial charge in [0.2, 0.25) is 0 Å². The van der Waals surface area contributed by atoms with Crippen LogP contribution in [-0.4, -0.2) is 26.8 Å². The molecule has 9 nitrogen and oxygen atoms in total. The molecule has 0 saturated carbocycles. The number of benzene rings is 2. The van der Waals surface area contributed by atoms with E-state index in [1.165, 1.54) is 35.8 Å². The number of ketones is 1. The number of nitrogens with zero attached hydrogens (tertiary/aromatic N) is 2. The van der Waals surface area contributed by atoms with Gasteiger partial charge in [-0.25, -0.2) is 14.2 Å². The summed E-state index contributed by atoms with van der Waals surface area (Å²) in [4.78, 5) is 48.4. The van der Waals surface area contributed by atoms with E-state index in [0.717, 1.165) is 0 Å². The molecule has 32 heavy (non-hydrogen) atoms. The van der Waals surface area contributed by atoms with Crippen molar-refractivity contribution in [3.05, 3.63) is 92.3 Å². The van der Waals surface area contributed by atoms with Gasteiger partial charge in [0, 0.05) is 18.6 Å². The summed E-state index contributed by atoms with van der Waals surface area (Å²) in [5.74, 6) is -2.13. The Morgan fingerprint density at radius 3 is 2.41 bits per heavy atom. The van der Waals surface area contributed by atoms with E-state index < -0.39 is 28.2 Å². The van der Waals surface area contributed by atoms with E-state index in [4.69, 9.17) is 9.15 Å². The number of non-ortho nitro benzene ring substituents is 1. The van der Waals surface area contributed by atoms with E-state index in [1.807, 2.05) is 6.07 Å². The molecule has 3 aromatic rings. The Labute approximate surface area is 182 Å². The van der Waals surface area contributed by atoms with E-state index in [0.29, 0.717) is 17.1 Å². The number of nitro groups is 1. The molecular weight excluding hydrogens is 416 g/mol. The number of oxazole rings is 1. The molecule has 9 heteroatoms. The number of carbonyl (C=O) groups excluding carboxylic acids is 2. The topological polar surface area (TPSA) is 122 Å². The molecule has 1 aromatic heterocycles. The Kier molecular flexibility index (Phi) is 5.25. The Hall–Kier alpha value is -4.01. The molecule has 4 rings (SSSR count). The van der Waals surface area contributed by atoms with Crippen molar-refractivity contribution in [1.29, 1.82) is 0 Å². The lowest BCUT2D eigenvalue weighted by Crippen LogP contribution is -2.49. The van der Waals surface area contributed by atoms with Gasteiger partial charge in [-0.1, -0.05) is 25.1 Å². The number of nitro benzene ring substituents is 1. The van der Waals surface area contributed by atoms with Crippen molar-refractivity contribution in [2.24, 2.45) is 0 Å². The molecule has 0 unspecified atom stereocenters. The predicted molar refractivity (Wildman–Crippen MR) is 113 cm³/mol. The molecule has 0 N–H and O–H groups in total. The molecule has 2 aromatic carbocycles. The van der Waals surface area contributed by atoms with Crippen LogP contribution in [0.3, 0.4) is 0 Å². The van der Waals surface area contributed by atoms with Crippen molar-refractivity contribution in [1.82, 2.24) is 4.57 Å². The Bertz CT molecular complexity index is 1260. The second kappa shape index (κ2) is 7.92. The zero-order valence-electron chi connectivity index (χ0n) is 17.4. The van der Waals surface area contributed by atoms with Crippen LogP contribution < -0.4 is 5.76 Å². The molecule has 1 aliphatic rings. The molecule has 0 bridgehead atoms. The predicted octanol–water partition coefficient (Wildman–Crippen LogP) is 3.57. The van der Waals surface area contributed by atoms with E-state index >= 15 is 0 Å². The molecule has 0 radical (unpaired) electrons. The van der Waals surface area contributed by atoms with Crippen molar-refractivity contribution in [2.75, 3.05) is 0 Å². The maximum atomic E-state index is 12.8. The molecule has 164 valence electrons. The van der Waals surface area contributed by atoms with Crippen molar-refractivity contribution < 1.29 is 23.7 Å². The van der Waals surface area contributed by atoms with Gasteiger partial charge in [0.1, 0.15) is 5.76 Å². The standard InChI is InChI=1S/C23H20N2O7/c1-14-20-19(24(22(28)31-20)17-6-4-3-5-7-17)12-13-23(14,15(2)26)32-21(27)16-8-10-18(11-9-16)25(29)30/h3-11,14H,12-13H2,1-2H3/t14-,23-/m1/s1. The fourth-order valence-electron chi connectivity index (χ4n) is 4.20. The van der Waals surface area contributed by atoms with E-state index in [-0.39, 0.29) is 29.9 Å². The average molecular weight is 436 g/mol. The molecule has 0 saturated heterocycles. The maximum Gasteiger partial charge on any atom is 0.424 e. The van der Waals surface area contributed by atoms with Gasteiger partial charge in [0.25, 0.3) is 5.69 Å². The lowest BCUT2D eigenvalue weighted by molar-refractivity contribution is -0.384. The van der Waals surface area contributed by atoms with Crippen molar-refractivity contribution in [3.8, 4) is 5.69 Å². The molecule has 1 heterocycles. The fraction of sp³-hybridized carbons (Fsp3) is 0.261. The van der Waals surface area contributed by atoms with Crippen molar-refractivity contribution in [2.45, 2.75) is 38.2 Å². The lowest BCUT2D eigenvalue weighted by Gasteiger charge is -2.38. The van der Waals surface area contributed by atoms with Crippen LogP contribution in [0.25, 0.3) is 5.69 Å². The first-order valence-electron chi connectivity index (χ1n) is 10.0. The van der Waals surface area contributed by atoms with Crippen LogP contribution in [0.1, 0.15) is 48.0 Å². The molecular formula is C23H20N2O7. The summed E-state index contributed by atoms with van der Waals surface area (Å²) < 4.78 is 12.7. The summed E-state index contributed by atoms with van der Waals surface area (Å²) in [6.07, 6.45) is 0.453. The lowest BCUT2D eigenvalue weighted by atomic mass is 9.74. The smallest absolute Gasteiger partial charge is 0.424 e. The molecule has 0 spiro atoms. The molecule has 0 amide bonds. The van der Waals surface area contributed by atoms with Gasteiger partial charge >= 0.3 is 11.7 Å². The molecule has 0 fully saturated rings. The Morgan fingerprint density at radius 2 is 1.81 bits per heavy atom. The highest BCUT2D eigenvalue weighted by molar-refractivity contribution is 5.95. The van der Waals surface area contributed by atoms with Crippen LogP contribution in [0.15, 0.2) is 63.8 Å². The van der Waals surface area contributed by atoms with E-state index in [1.54, 1.807) is 31.2 Å². The zero-order chi connectivity index (χ0) is 23.0. The molecule has 0 aliphatic heterocycles. The number of para-hydroxylation sites is 1. The second-order valence-electron chi connectivity index (χ2n) is 7.71. The largest absolute Gasteiger partial charge is 0.447 e. The van der Waals surface area contributed by atoms with Crippen LogP contribution in [-0.2, 0) is 16.0 Å². The Morgan fingerprint density at radius 1 is 1.16 bits per heavy atom. The van der Waals surface area contributed by atoms with E-state index in [2.05, 4.69) is 0 Å². The number of fused-ring (bicyclic) bond motifs is 1. The quantitative estimate of drug-likeness (QED) is 0.340. The van der Waals surface area contributed by atoms with Gasteiger partial charge in [0.15, 0.2) is 11.4 Å². The van der Waals surface area contributed by atoms with Gasteiger partial charge in [-0.05, 0) is 37.6 Å². The minimum atomic E-state index is -1.52. The maximum absolute atomic E-state index is 12.8. The number of rotatable bonds is 5. The fourth-order valence-corrected chi connectivity index (χ4v) is 4.20. The van der Waals surface area contributed by atoms with Gasteiger partial charge in [0.05, 0.1) is 27.8 Å². The van der Waals surface area contributed by atoms with Gasteiger partial charge in [-0.3, -0.25) is 14.9 Å². The molecule has 1 aliphatic carbocycles. The number of Topliss-reactive ketones (excluding diaryl/α,β-unsaturated/α-hetero) is 1. The van der Waals surface area contributed by atoms with Crippen molar-refractivity contribution in [3.63, 3.8) is 0 Å². The first-order valence-corrected chi connectivity index (χ1v) is 10.0. The van der Waals surface area contributed by atoms with E-state index in [9.17, 15) is 24.5 Å². The number of hydrogen-bond acceptors (Lipinski definition) is 7. The third-order valence-corrected chi connectivity index (χ3v) is 5.96. The van der Waals surface area contributed by atoms with Crippen LogP contribution in [0.2, 0.25) is 0 Å². The monoisotopic (exact) mass is 436 g/mol. The summed E-state index contributed by atoms with van der Waals surface area (Å²) >= 11 is 0. The highest BCUT2D eigenvalue weighted by atomic mass is 16.6. The third-order valence-electron chi connectivity index (χ3n) is 5.96. The number of aromatic nitrogens is 1. The summed E-state index contributed by atoms with van der Waals surface area (Å²) in [5.41, 5.74) is -0.324. The van der Waals surface area contributed by atoms with Crippen LogP contribution in [0, 0.1) is 10.1 Å². The van der Waals surface area contributed by atoms with Gasteiger partial charge < -0.3 is 9.15 Å². The number of carbonyl (C=O) groups is 2. The van der Waals surface area contributed by atoms with Crippen LogP contribution in [0.5, 0.6) is 0 Å². The first-order chi connectivity index (χ1) is 15.2. The summed E-state index contributed by atoms with van der Waals surface area (Å²) in [7, 11) is 0. The van der Waals surface area contributed by atoms with Gasteiger partial charge in [-0.15, -0.1) is 0 Å². The second-order valence-corrected chi connectivity index (χ2v) is 7.71. The number of esters is 1. The minimum absolute atomic E-state index is 0.0810. The SMILES string of the molecule is CC(=O)[C@@]1(OC(=O)c2ccc([N+](=O)[O-])cc2)CCc2c(oc(=O)n2-c2ccccc2)[C@H]1C. The normalized spacial score (nSPS) is 19.8. The summed E-state index contributed by atoms with van der Waals surface area (Å²) in [6, 6.07) is 13.9. The summed E-state index contributed by atoms with van der Waals surface area (Å²) in [6.45, 7) is 3.01.